The Morgan fingerprint density at radius 3 is 2.56 bits per heavy atom. The van der Waals surface area contributed by atoms with Crippen LogP contribution in [-0.2, 0) is 5.41 Å². The molecule has 0 radical (unpaired) electrons. The van der Waals surface area contributed by atoms with Gasteiger partial charge in [-0.2, -0.15) is 0 Å². The van der Waals surface area contributed by atoms with E-state index in [1.807, 2.05) is 38.3 Å². The highest BCUT2D eigenvalue weighted by Crippen LogP contribution is 2.51. The smallest absolute Gasteiger partial charge is 0.161 e. The van der Waals surface area contributed by atoms with Crippen LogP contribution >= 0.6 is 0 Å². The lowest BCUT2D eigenvalue weighted by Gasteiger charge is -2.26. The molecule has 1 N–H and O–H groups in total. The van der Waals surface area contributed by atoms with Crippen LogP contribution in [0.4, 0.5) is 0 Å². The zero-order valence-electron chi connectivity index (χ0n) is 23.4. The second kappa shape index (κ2) is 11.3. The van der Waals surface area contributed by atoms with Crippen LogP contribution in [0, 0.1) is 11.3 Å². The van der Waals surface area contributed by atoms with E-state index in [4.69, 9.17) is 10.4 Å². The lowest BCUT2D eigenvalue weighted by Crippen LogP contribution is -2.17. The number of allylic oxidation sites excluding steroid dienone is 11. The van der Waals surface area contributed by atoms with E-state index in [1.165, 1.54) is 27.8 Å². The summed E-state index contributed by atoms with van der Waals surface area (Å²) in [5, 5.41) is 8.54. The van der Waals surface area contributed by atoms with Gasteiger partial charge in [0.2, 0.25) is 0 Å². The van der Waals surface area contributed by atoms with Crippen molar-refractivity contribution in [2.24, 2.45) is 15.9 Å². The Kier molecular flexibility index (Phi) is 7.70. The Labute approximate surface area is 233 Å². The van der Waals surface area contributed by atoms with Gasteiger partial charge in [0.15, 0.2) is 5.84 Å². The van der Waals surface area contributed by atoms with Crippen molar-refractivity contribution in [1.29, 1.82) is 5.41 Å². The summed E-state index contributed by atoms with van der Waals surface area (Å²) < 4.78 is 0. The Bertz CT molecular complexity index is 1500. The Morgan fingerprint density at radius 2 is 1.82 bits per heavy atom. The van der Waals surface area contributed by atoms with Crippen LogP contribution in [-0.4, -0.2) is 17.9 Å². The molecule has 0 heterocycles. The van der Waals surface area contributed by atoms with E-state index >= 15 is 0 Å². The molecule has 3 nitrogen and oxygen atoms in total. The monoisotopic (exact) mass is 511 g/mol. The van der Waals surface area contributed by atoms with Crippen molar-refractivity contribution in [2.45, 2.75) is 51.9 Å². The summed E-state index contributed by atoms with van der Waals surface area (Å²) in [6.45, 7) is 8.54. The Morgan fingerprint density at radius 1 is 1.03 bits per heavy atom. The molecule has 39 heavy (non-hydrogen) atoms. The minimum absolute atomic E-state index is 0.0495. The van der Waals surface area contributed by atoms with Gasteiger partial charge in [0.05, 0.1) is 0 Å². The standard InChI is InChI=1S/C36H37N3/c1-5-6-12-25(2)34(37)39-35(38-24-26-13-8-7-9-14-26)28-19-17-27(18-20-28)29-21-22-33-31(23-29)30-15-10-11-16-32(30)36(33,3)4/h5-13,15-22,24,26,29,37H,14,23H2,1-4H3/b6-5-,25-12+,37-34?,38-24?,39-35?/t26?,29-/m0/s1. The predicted octanol–water partition coefficient (Wildman–Crippen LogP) is 8.92. The summed E-state index contributed by atoms with van der Waals surface area (Å²) in [7, 11) is 0. The zero-order valence-corrected chi connectivity index (χ0v) is 23.4. The Balaban J connectivity index is 1.41. The molecule has 0 aromatic heterocycles. The van der Waals surface area contributed by atoms with E-state index in [2.05, 4.69) is 104 Å². The highest BCUT2D eigenvalue weighted by molar-refractivity contribution is 6.12. The first-order chi connectivity index (χ1) is 18.9. The topological polar surface area (TPSA) is 48.6 Å². The van der Waals surface area contributed by atoms with Gasteiger partial charge in [-0.05, 0) is 60.1 Å². The number of fused-ring (bicyclic) bond motifs is 2. The van der Waals surface area contributed by atoms with Gasteiger partial charge in [0.25, 0.3) is 0 Å². The number of hydrogen-bond donors (Lipinski definition) is 1. The van der Waals surface area contributed by atoms with Crippen molar-refractivity contribution in [3.8, 4) is 0 Å². The van der Waals surface area contributed by atoms with E-state index in [0.29, 0.717) is 11.8 Å². The number of benzene rings is 2. The van der Waals surface area contributed by atoms with Gasteiger partial charge in [-0.3, -0.25) is 5.41 Å². The second-order valence-corrected chi connectivity index (χ2v) is 11.0. The lowest BCUT2D eigenvalue weighted by molar-refractivity contribution is 0.649. The third-order valence-corrected chi connectivity index (χ3v) is 7.97. The van der Waals surface area contributed by atoms with Gasteiger partial charge < -0.3 is 0 Å². The summed E-state index contributed by atoms with van der Waals surface area (Å²) >= 11 is 0. The number of nitrogens with zero attached hydrogens (tertiary/aromatic N) is 2. The van der Waals surface area contributed by atoms with E-state index in [1.54, 1.807) is 0 Å². The zero-order chi connectivity index (χ0) is 27.4. The molecule has 0 aliphatic heterocycles. The highest BCUT2D eigenvalue weighted by atomic mass is 14.9. The molecular weight excluding hydrogens is 474 g/mol. The summed E-state index contributed by atoms with van der Waals surface area (Å²) in [6.07, 6.45) is 22.8. The van der Waals surface area contributed by atoms with Crippen LogP contribution in [0.15, 0.2) is 124 Å². The molecule has 0 saturated heterocycles. The molecule has 0 bridgehead atoms. The molecule has 0 saturated carbocycles. The number of nitrogens with one attached hydrogen (secondary N) is 1. The van der Waals surface area contributed by atoms with Crippen LogP contribution in [0.1, 0.15) is 68.7 Å². The van der Waals surface area contributed by atoms with Crippen molar-refractivity contribution in [3.63, 3.8) is 0 Å². The quantitative estimate of drug-likeness (QED) is 0.237. The molecule has 3 aliphatic carbocycles. The first-order valence-corrected chi connectivity index (χ1v) is 13.8. The van der Waals surface area contributed by atoms with Gasteiger partial charge in [0.1, 0.15) is 5.84 Å². The fraction of sp³-hybridized carbons (Fsp3) is 0.250. The molecule has 0 fully saturated rings. The number of aliphatic imine (C=N–C) groups is 2. The Hall–Kier alpha value is -4.11. The maximum Gasteiger partial charge on any atom is 0.161 e. The van der Waals surface area contributed by atoms with Crippen molar-refractivity contribution in [1.82, 2.24) is 0 Å². The van der Waals surface area contributed by atoms with Crippen molar-refractivity contribution >= 4 is 23.5 Å². The molecule has 196 valence electrons. The van der Waals surface area contributed by atoms with Gasteiger partial charge in [-0.25, -0.2) is 9.98 Å². The molecule has 0 spiro atoms. The van der Waals surface area contributed by atoms with Crippen LogP contribution in [0.5, 0.6) is 0 Å². The average molecular weight is 512 g/mol. The van der Waals surface area contributed by atoms with E-state index in [-0.39, 0.29) is 17.2 Å². The highest BCUT2D eigenvalue weighted by Gasteiger charge is 2.38. The first kappa shape index (κ1) is 26.5. The number of rotatable bonds is 5. The molecule has 5 rings (SSSR count). The number of hydrogen-bond acceptors (Lipinski definition) is 1. The predicted molar refractivity (Wildman–Crippen MR) is 167 cm³/mol. The lowest BCUT2D eigenvalue weighted by atomic mass is 9.78. The summed E-state index contributed by atoms with van der Waals surface area (Å²) in [4.78, 5) is 9.43. The molecule has 2 aromatic rings. The summed E-state index contributed by atoms with van der Waals surface area (Å²) in [6, 6.07) is 17.5. The third kappa shape index (κ3) is 5.54. The minimum Gasteiger partial charge on any atom is -0.283 e. The van der Waals surface area contributed by atoms with Crippen molar-refractivity contribution < 1.29 is 0 Å². The van der Waals surface area contributed by atoms with Crippen LogP contribution in [0.2, 0.25) is 0 Å². The summed E-state index contributed by atoms with van der Waals surface area (Å²) in [5.74, 6) is 1.35. The summed E-state index contributed by atoms with van der Waals surface area (Å²) in [5.41, 5.74) is 8.81. The van der Waals surface area contributed by atoms with Gasteiger partial charge in [-0.15, -0.1) is 0 Å². The second-order valence-electron chi connectivity index (χ2n) is 11.0. The van der Waals surface area contributed by atoms with Gasteiger partial charge in [-0.1, -0.05) is 117 Å². The molecular formula is C36H37N3. The van der Waals surface area contributed by atoms with Gasteiger partial charge in [0, 0.05) is 29.0 Å². The van der Waals surface area contributed by atoms with E-state index < -0.39 is 0 Å². The number of amidine groups is 2. The van der Waals surface area contributed by atoms with Crippen LogP contribution in [0.3, 0.4) is 0 Å². The van der Waals surface area contributed by atoms with E-state index in [0.717, 1.165) is 24.0 Å². The SMILES string of the molecule is C/C=C\C=C(/C)C(=N)N=C(N=CC1C=CC=CC1)c1ccc([C@H]2C=CC3=C(C2)c2ccccc2C3(C)C)cc1. The van der Waals surface area contributed by atoms with Crippen molar-refractivity contribution in [2.75, 3.05) is 0 Å². The molecule has 3 heteroatoms. The fourth-order valence-electron chi connectivity index (χ4n) is 5.65. The van der Waals surface area contributed by atoms with Gasteiger partial charge >= 0.3 is 0 Å². The molecule has 2 atom stereocenters. The van der Waals surface area contributed by atoms with Crippen molar-refractivity contribution in [3.05, 3.63) is 137 Å². The molecule has 3 aliphatic rings. The fourth-order valence-corrected chi connectivity index (χ4v) is 5.65. The normalized spacial score (nSPS) is 22.2. The van der Waals surface area contributed by atoms with Crippen LogP contribution < -0.4 is 0 Å². The maximum atomic E-state index is 8.54. The maximum absolute atomic E-state index is 8.54. The minimum atomic E-state index is 0.0495. The average Bonchev–Trinajstić information content (AvgIpc) is 3.20. The first-order valence-electron chi connectivity index (χ1n) is 13.8. The van der Waals surface area contributed by atoms with E-state index in [9.17, 15) is 0 Å². The largest absolute Gasteiger partial charge is 0.283 e. The third-order valence-electron chi connectivity index (χ3n) is 7.97. The molecule has 2 aromatic carbocycles. The molecule has 0 amide bonds. The molecule has 1 unspecified atom stereocenters. The van der Waals surface area contributed by atoms with Crippen LogP contribution in [0.25, 0.3) is 5.57 Å².